The normalized spacial score (nSPS) is 11.1. The Morgan fingerprint density at radius 3 is 2.75 bits per heavy atom. The highest BCUT2D eigenvalue weighted by Gasteiger charge is 2.17. The van der Waals surface area contributed by atoms with Crippen LogP contribution in [0.4, 0.5) is 5.69 Å². The first kappa shape index (κ1) is 19.6. The summed E-state index contributed by atoms with van der Waals surface area (Å²) in [5, 5.41) is 3.44. The lowest BCUT2D eigenvalue weighted by Crippen LogP contribution is -2.21. The number of nitrogens with zero attached hydrogens (tertiary/aromatic N) is 2. The van der Waals surface area contributed by atoms with Crippen LogP contribution in [-0.4, -0.2) is 22.4 Å². The number of carbonyl (C=O) groups is 1. The fourth-order valence-electron chi connectivity index (χ4n) is 3.67. The van der Waals surface area contributed by atoms with E-state index in [1.165, 1.54) is 13.2 Å². The summed E-state index contributed by atoms with van der Waals surface area (Å²) in [6.07, 6.45) is 3.86. The number of rotatable bonds is 4. The Balaban J connectivity index is 1.53. The van der Waals surface area contributed by atoms with Crippen LogP contribution in [0.1, 0.15) is 15.9 Å². The molecule has 1 N–H and O–H groups in total. The van der Waals surface area contributed by atoms with Crippen molar-refractivity contribution >= 4 is 28.2 Å². The van der Waals surface area contributed by atoms with Crippen molar-refractivity contribution < 1.29 is 13.9 Å². The van der Waals surface area contributed by atoms with Gasteiger partial charge in [0.1, 0.15) is 22.5 Å². The van der Waals surface area contributed by atoms with Crippen LogP contribution in [0.25, 0.3) is 27.9 Å². The highest BCUT2D eigenvalue weighted by molar-refractivity contribution is 6.06. The monoisotopic (exact) mass is 425 g/mol. The highest BCUT2D eigenvalue weighted by Crippen LogP contribution is 2.31. The van der Waals surface area contributed by atoms with Gasteiger partial charge in [0.15, 0.2) is 0 Å². The lowest BCUT2D eigenvalue weighted by Gasteiger charge is -2.11. The fourth-order valence-corrected chi connectivity index (χ4v) is 3.67. The van der Waals surface area contributed by atoms with E-state index in [2.05, 4.69) is 5.32 Å². The maximum atomic E-state index is 12.9. The van der Waals surface area contributed by atoms with Crippen molar-refractivity contribution in [2.24, 2.45) is 0 Å². The first-order chi connectivity index (χ1) is 15.5. The van der Waals surface area contributed by atoms with Crippen LogP contribution in [-0.2, 0) is 0 Å². The Morgan fingerprint density at radius 1 is 1.09 bits per heavy atom. The first-order valence-electron chi connectivity index (χ1n) is 10.0. The van der Waals surface area contributed by atoms with E-state index in [4.69, 9.17) is 14.1 Å². The molecular formula is C25H19N3O4. The maximum Gasteiger partial charge on any atom is 0.349 e. The zero-order valence-electron chi connectivity index (χ0n) is 17.5. The molecule has 0 spiro atoms. The number of anilines is 1. The Bertz CT molecular complexity index is 1550. The number of hydrogen-bond acceptors (Lipinski definition) is 5. The number of benzene rings is 2. The second-order valence-electron chi connectivity index (χ2n) is 7.40. The van der Waals surface area contributed by atoms with Crippen LogP contribution < -0.4 is 15.7 Å². The molecule has 5 rings (SSSR count). The molecule has 0 saturated heterocycles. The topological polar surface area (TPSA) is 85.8 Å². The van der Waals surface area contributed by atoms with E-state index in [9.17, 15) is 9.59 Å². The third-order valence-corrected chi connectivity index (χ3v) is 5.31. The molecule has 0 unspecified atom stereocenters. The van der Waals surface area contributed by atoms with E-state index in [-0.39, 0.29) is 5.56 Å². The second-order valence-corrected chi connectivity index (χ2v) is 7.40. The Hall–Kier alpha value is -4.39. The van der Waals surface area contributed by atoms with Crippen LogP contribution >= 0.6 is 0 Å². The van der Waals surface area contributed by atoms with Crippen LogP contribution in [0.2, 0.25) is 0 Å². The molecule has 3 heterocycles. The van der Waals surface area contributed by atoms with E-state index in [0.717, 1.165) is 22.5 Å². The molecule has 0 fully saturated rings. The van der Waals surface area contributed by atoms with Crippen molar-refractivity contribution in [3.63, 3.8) is 0 Å². The third kappa shape index (κ3) is 3.39. The molecule has 0 saturated carbocycles. The number of pyridine rings is 1. The summed E-state index contributed by atoms with van der Waals surface area (Å²) in [7, 11) is 1.52. The summed E-state index contributed by atoms with van der Waals surface area (Å²) >= 11 is 0. The minimum absolute atomic E-state index is 0.0838. The van der Waals surface area contributed by atoms with Gasteiger partial charge < -0.3 is 18.9 Å². The van der Waals surface area contributed by atoms with Gasteiger partial charge in [-0.2, -0.15) is 0 Å². The zero-order valence-corrected chi connectivity index (χ0v) is 17.5. The molecule has 7 nitrogen and oxygen atoms in total. The summed E-state index contributed by atoms with van der Waals surface area (Å²) in [6, 6.07) is 17.9. The Kier molecular flexibility index (Phi) is 4.71. The van der Waals surface area contributed by atoms with E-state index < -0.39 is 11.5 Å². The van der Waals surface area contributed by atoms with E-state index in [1.54, 1.807) is 30.3 Å². The average molecular weight is 425 g/mol. The first-order valence-corrected chi connectivity index (χ1v) is 10.0. The molecule has 0 aliphatic heterocycles. The number of aromatic nitrogens is 2. The average Bonchev–Trinajstić information content (AvgIpc) is 3.24. The molecule has 0 aliphatic carbocycles. The quantitative estimate of drug-likeness (QED) is 0.423. The smallest absolute Gasteiger partial charge is 0.349 e. The molecule has 32 heavy (non-hydrogen) atoms. The van der Waals surface area contributed by atoms with Gasteiger partial charge in [-0.05, 0) is 48.9 Å². The minimum Gasteiger partial charge on any atom is -0.495 e. The van der Waals surface area contributed by atoms with Gasteiger partial charge in [0.2, 0.25) is 0 Å². The molecule has 1 amide bonds. The van der Waals surface area contributed by atoms with Gasteiger partial charge in [-0.25, -0.2) is 9.78 Å². The van der Waals surface area contributed by atoms with Crippen molar-refractivity contribution in [3.8, 4) is 17.0 Å². The number of nitrogens with one attached hydrogen (secondary N) is 1. The minimum atomic E-state index is -0.702. The molecule has 0 bridgehead atoms. The number of carbonyl (C=O) groups excluding carboxylic acids is 1. The second kappa shape index (κ2) is 7.70. The predicted octanol–water partition coefficient (Wildman–Crippen LogP) is 4.68. The number of methoxy groups -OCH3 is 1. The van der Waals surface area contributed by atoms with Gasteiger partial charge in [-0.3, -0.25) is 4.79 Å². The van der Waals surface area contributed by atoms with Gasteiger partial charge in [-0.15, -0.1) is 0 Å². The van der Waals surface area contributed by atoms with Crippen LogP contribution in [0.15, 0.2) is 82.3 Å². The van der Waals surface area contributed by atoms with Crippen molar-refractivity contribution in [2.75, 3.05) is 12.4 Å². The number of imidazole rings is 1. The van der Waals surface area contributed by atoms with Crippen LogP contribution in [0.3, 0.4) is 0 Å². The van der Waals surface area contributed by atoms with Gasteiger partial charge in [-0.1, -0.05) is 24.3 Å². The summed E-state index contributed by atoms with van der Waals surface area (Å²) in [6.45, 7) is 2.00. The molecule has 0 aliphatic rings. The largest absolute Gasteiger partial charge is 0.495 e. The van der Waals surface area contributed by atoms with Crippen molar-refractivity contribution in [1.29, 1.82) is 0 Å². The summed E-state index contributed by atoms with van der Waals surface area (Å²) in [5.74, 6) is -0.113. The number of amides is 1. The van der Waals surface area contributed by atoms with Crippen LogP contribution in [0.5, 0.6) is 5.75 Å². The standard InChI is InChI=1S/C25H19N3O4/c1-15-6-5-11-28-14-20(26-23(15)28)16-9-10-22(31-2)19(13-16)27-24(29)18-12-17-7-3-4-8-21(17)32-25(18)30/h3-14H,1-2H3,(H,27,29). The summed E-state index contributed by atoms with van der Waals surface area (Å²) in [4.78, 5) is 30.0. The summed E-state index contributed by atoms with van der Waals surface area (Å²) < 4.78 is 12.6. The molecule has 0 radical (unpaired) electrons. The molecule has 7 heteroatoms. The van der Waals surface area contributed by atoms with Gasteiger partial charge in [0.05, 0.1) is 18.5 Å². The van der Waals surface area contributed by atoms with Crippen molar-refractivity contribution in [2.45, 2.75) is 6.92 Å². The van der Waals surface area contributed by atoms with Gasteiger partial charge in [0.25, 0.3) is 5.91 Å². The highest BCUT2D eigenvalue weighted by atomic mass is 16.5. The number of ether oxygens (including phenoxy) is 1. The molecule has 158 valence electrons. The fraction of sp³-hybridized carbons (Fsp3) is 0.0800. The van der Waals surface area contributed by atoms with Gasteiger partial charge in [0, 0.05) is 23.3 Å². The van der Waals surface area contributed by atoms with Crippen molar-refractivity contribution in [1.82, 2.24) is 9.38 Å². The lowest BCUT2D eigenvalue weighted by molar-refractivity contribution is 0.102. The Labute approximate surface area is 182 Å². The molecule has 3 aromatic heterocycles. The SMILES string of the molecule is COc1ccc(-c2cn3cccc(C)c3n2)cc1NC(=O)c1cc2ccccc2oc1=O. The van der Waals surface area contributed by atoms with E-state index in [0.29, 0.717) is 22.4 Å². The predicted molar refractivity (Wildman–Crippen MR) is 122 cm³/mol. The zero-order chi connectivity index (χ0) is 22.2. The molecule has 5 aromatic rings. The van der Waals surface area contributed by atoms with E-state index in [1.807, 2.05) is 48.0 Å². The molecule has 0 atom stereocenters. The Morgan fingerprint density at radius 2 is 1.94 bits per heavy atom. The summed E-state index contributed by atoms with van der Waals surface area (Å²) in [5.41, 5.74) is 3.54. The third-order valence-electron chi connectivity index (χ3n) is 5.31. The number of fused-ring (bicyclic) bond motifs is 2. The number of hydrogen-bond donors (Lipinski definition) is 1. The number of aryl methyl sites for hydroxylation is 1. The maximum absolute atomic E-state index is 12.9. The van der Waals surface area contributed by atoms with E-state index >= 15 is 0 Å². The number of para-hydroxylation sites is 1. The molecular weight excluding hydrogens is 406 g/mol. The van der Waals surface area contributed by atoms with Crippen molar-refractivity contribution in [3.05, 3.63) is 94.6 Å². The molecule has 2 aromatic carbocycles. The van der Waals surface area contributed by atoms with Gasteiger partial charge >= 0.3 is 5.63 Å². The van der Waals surface area contributed by atoms with Crippen LogP contribution in [0, 0.1) is 6.92 Å². The lowest BCUT2D eigenvalue weighted by atomic mass is 10.1.